The predicted molar refractivity (Wildman–Crippen MR) is 76.3 cm³/mol. The second-order valence-corrected chi connectivity index (χ2v) is 5.63. The van der Waals surface area contributed by atoms with E-state index in [2.05, 4.69) is 31.9 Å². The summed E-state index contributed by atoms with van der Waals surface area (Å²) in [5.74, 6) is -0.395. The fourth-order valence-electron chi connectivity index (χ4n) is 1.56. The van der Waals surface area contributed by atoms with Crippen molar-refractivity contribution >= 4 is 37.6 Å². The molecule has 0 heterocycles. The molecule has 0 amide bonds. The molecule has 0 saturated heterocycles. The van der Waals surface area contributed by atoms with Crippen molar-refractivity contribution in [2.75, 3.05) is 0 Å². The smallest absolute Gasteiger partial charge is 0.167 e. The molecule has 0 radical (unpaired) electrons. The van der Waals surface area contributed by atoms with Crippen molar-refractivity contribution in [1.29, 1.82) is 0 Å². The van der Waals surface area contributed by atoms with Gasteiger partial charge in [-0.3, -0.25) is 4.79 Å². The summed E-state index contributed by atoms with van der Waals surface area (Å²) in [5, 5.41) is 0. The van der Waals surface area contributed by atoms with Gasteiger partial charge < -0.3 is 0 Å². The van der Waals surface area contributed by atoms with Crippen LogP contribution in [0.3, 0.4) is 0 Å². The van der Waals surface area contributed by atoms with Crippen molar-refractivity contribution in [3.05, 3.63) is 68.4 Å². The molecule has 2 aromatic carbocycles. The van der Waals surface area contributed by atoms with Crippen molar-refractivity contribution < 1.29 is 9.18 Å². The number of carbonyl (C=O) groups is 1. The SMILES string of the molecule is O=C(Cc1ccc(Br)cc1)c1ccc(F)c(Br)c1. The molecule has 0 atom stereocenters. The third-order valence-electron chi connectivity index (χ3n) is 2.52. The first kappa shape index (κ1) is 13.4. The zero-order valence-corrected chi connectivity index (χ0v) is 12.5. The molecule has 0 aliphatic carbocycles. The highest BCUT2D eigenvalue weighted by Gasteiger charge is 2.09. The summed E-state index contributed by atoms with van der Waals surface area (Å²) in [7, 11) is 0. The Morgan fingerprint density at radius 1 is 1.06 bits per heavy atom. The van der Waals surface area contributed by atoms with E-state index in [0.717, 1.165) is 10.0 Å². The Labute approximate surface area is 121 Å². The fraction of sp³-hybridized carbons (Fsp3) is 0.0714. The molecule has 0 fully saturated rings. The minimum Gasteiger partial charge on any atom is -0.294 e. The van der Waals surface area contributed by atoms with Crippen LogP contribution in [0.1, 0.15) is 15.9 Å². The largest absolute Gasteiger partial charge is 0.294 e. The summed E-state index contributed by atoms with van der Waals surface area (Å²) in [4.78, 5) is 12.0. The maximum Gasteiger partial charge on any atom is 0.167 e. The summed E-state index contributed by atoms with van der Waals surface area (Å²) < 4.78 is 14.4. The Morgan fingerprint density at radius 3 is 2.33 bits per heavy atom. The van der Waals surface area contributed by atoms with Crippen LogP contribution in [0.25, 0.3) is 0 Å². The van der Waals surface area contributed by atoms with Crippen LogP contribution in [-0.4, -0.2) is 5.78 Å². The maximum atomic E-state index is 13.1. The van der Waals surface area contributed by atoms with Crippen molar-refractivity contribution in [1.82, 2.24) is 0 Å². The second kappa shape index (κ2) is 5.76. The Morgan fingerprint density at radius 2 is 1.72 bits per heavy atom. The number of hydrogen-bond donors (Lipinski definition) is 0. The summed E-state index contributed by atoms with van der Waals surface area (Å²) in [6.45, 7) is 0. The molecular weight excluding hydrogens is 363 g/mol. The van der Waals surface area contributed by atoms with Gasteiger partial charge in [0.25, 0.3) is 0 Å². The van der Waals surface area contributed by atoms with Crippen LogP contribution >= 0.6 is 31.9 Å². The van der Waals surface area contributed by atoms with Crippen molar-refractivity contribution in [3.63, 3.8) is 0 Å². The van der Waals surface area contributed by atoms with Gasteiger partial charge in [0.1, 0.15) is 5.82 Å². The minimum absolute atomic E-state index is 0.0296. The van der Waals surface area contributed by atoms with E-state index in [-0.39, 0.29) is 11.6 Å². The highest BCUT2D eigenvalue weighted by Crippen LogP contribution is 2.18. The monoisotopic (exact) mass is 370 g/mol. The normalized spacial score (nSPS) is 10.4. The summed E-state index contributed by atoms with van der Waals surface area (Å²) in [6, 6.07) is 11.9. The number of halogens is 3. The molecule has 0 aromatic heterocycles. The van der Waals surface area contributed by atoms with Crippen LogP contribution in [0, 0.1) is 5.82 Å². The molecule has 0 aliphatic rings. The lowest BCUT2D eigenvalue weighted by Crippen LogP contribution is -2.03. The summed E-state index contributed by atoms with van der Waals surface area (Å²) in [6.07, 6.45) is 0.311. The van der Waals surface area contributed by atoms with E-state index in [1.54, 1.807) is 0 Å². The first-order valence-corrected chi connectivity index (χ1v) is 6.87. The topological polar surface area (TPSA) is 17.1 Å². The van der Waals surface area contributed by atoms with Crippen LogP contribution in [-0.2, 0) is 6.42 Å². The third kappa shape index (κ3) is 3.27. The Hall–Kier alpha value is -1.00. The third-order valence-corrected chi connectivity index (χ3v) is 3.66. The van der Waals surface area contributed by atoms with Crippen molar-refractivity contribution in [3.8, 4) is 0 Å². The Balaban J connectivity index is 2.16. The van der Waals surface area contributed by atoms with E-state index >= 15 is 0 Å². The van der Waals surface area contributed by atoms with E-state index in [1.165, 1.54) is 18.2 Å². The summed E-state index contributed by atoms with van der Waals surface area (Å²) >= 11 is 6.42. The van der Waals surface area contributed by atoms with E-state index in [4.69, 9.17) is 0 Å². The summed E-state index contributed by atoms with van der Waals surface area (Å²) in [5.41, 5.74) is 1.44. The first-order valence-electron chi connectivity index (χ1n) is 5.29. The quantitative estimate of drug-likeness (QED) is 0.710. The lowest BCUT2D eigenvalue weighted by atomic mass is 10.0. The zero-order valence-electron chi connectivity index (χ0n) is 9.29. The molecule has 4 heteroatoms. The molecule has 0 unspecified atom stereocenters. The number of rotatable bonds is 3. The van der Waals surface area contributed by atoms with E-state index < -0.39 is 0 Å². The zero-order chi connectivity index (χ0) is 13.1. The molecule has 2 aromatic rings. The molecule has 0 aliphatic heterocycles. The highest BCUT2D eigenvalue weighted by molar-refractivity contribution is 9.10. The average Bonchev–Trinajstić information content (AvgIpc) is 2.35. The Bertz CT molecular complexity index is 579. The standard InChI is InChI=1S/C14H9Br2FO/c15-11-4-1-9(2-5-11)7-14(18)10-3-6-13(17)12(16)8-10/h1-6,8H,7H2. The number of Topliss-reactive ketones (excluding diaryl/α,β-unsaturated/α-hetero) is 1. The van der Waals surface area contributed by atoms with Gasteiger partial charge in [-0.05, 0) is 51.8 Å². The van der Waals surface area contributed by atoms with Gasteiger partial charge in [-0.15, -0.1) is 0 Å². The lowest BCUT2D eigenvalue weighted by Gasteiger charge is -2.03. The van der Waals surface area contributed by atoms with Gasteiger partial charge in [0.05, 0.1) is 4.47 Å². The van der Waals surface area contributed by atoms with Crippen LogP contribution in [0.4, 0.5) is 4.39 Å². The first-order chi connectivity index (χ1) is 8.56. The van der Waals surface area contributed by atoms with Crippen molar-refractivity contribution in [2.24, 2.45) is 0 Å². The van der Waals surface area contributed by atoms with Crippen molar-refractivity contribution in [2.45, 2.75) is 6.42 Å². The molecule has 1 nitrogen and oxygen atoms in total. The van der Waals surface area contributed by atoms with E-state index in [9.17, 15) is 9.18 Å². The molecule has 0 bridgehead atoms. The average molecular weight is 372 g/mol. The van der Waals surface area contributed by atoms with Gasteiger partial charge in [-0.1, -0.05) is 28.1 Å². The number of ketones is 1. The van der Waals surface area contributed by atoms with Gasteiger partial charge >= 0.3 is 0 Å². The predicted octanol–water partition coefficient (Wildman–Crippen LogP) is 4.78. The van der Waals surface area contributed by atoms with Gasteiger partial charge in [0.2, 0.25) is 0 Å². The minimum atomic E-state index is -0.366. The molecule has 0 saturated carbocycles. The van der Waals surface area contributed by atoms with Gasteiger partial charge in [-0.25, -0.2) is 4.39 Å². The lowest BCUT2D eigenvalue weighted by molar-refractivity contribution is 0.0993. The number of hydrogen-bond acceptors (Lipinski definition) is 1. The molecule has 0 spiro atoms. The van der Waals surface area contributed by atoms with E-state index in [0.29, 0.717) is 16.5 Å². The second-order valence-electron chi connectivity index (χ2n) is 3.86. The number of benzene rings is 2. The van der Waals surface area contributed by atoms with Crippen LogP contribution < -0.4 is 0 Å². The fourth-order valence-corrected chi connectivity index (χ4v) is 2.20. The number of carbonyl (C=O) groups excluding carboxylic acids is 1. The van der Waals surface area contributed by atoms with Gasteiger partial charge in [0.15, 0.2) is 5.78 Å². The molecule has 2 rings (SSSR count). The highest BCUT2D eigenvalue weighted by atomic mass is 79.9. The molecular formula is C14H9Br2FO. The molecule has 0 N–H and O–H groups in total. The van der Waals surface area contributed by atoms with Crippen LogP contribution in [0.15, 0.2) is 51.4 Å². The molecule has 92 valence electrons. The molecule has 18 heavy (non-hydrogen) atoms. The van der Waals surface area contributed by atoms with Gasteiger partial charge in [-0.2, -0.15) is 0 Å². The Kier molecular flexibility index (Phi) is 4.30. The van der Waals surface area contributed by atoms with E-state index in [1.807, 2.05) is 24.3 Å². The maximum absolute atomic E-state index is 13.1. The van der Waals surface area contributed by atoms with Crippen LogP contribution in [0.2, 0.25) is 0 Å². The van der Waals surface area contributed by atoms with Gasteiger partial charge in [0, 0.05) is 16.5 Å². The van der Waals surface area contributed by atoms with Crippen LogP contribution in [0.5, 0.6) is 0 Å².